The van der Waals surface area contributed by atoms with Crippen LogP contribution in [0.4, 0.5) is 4.39 Å². The number of halogens is 1. The number of carbonyl (C=O) groups excluding carboxylic acids is 2. The summed E-state index contributed by atoms with van der Waals surface area (Å²) < 4.78 is 48.4. The van der Waals surface area contributed by atoms with Crippen LogP contribution >= 0.6 is 0 Å². The Balaban J connectivity index is 1.54. The molecule has 1 N–H and O–H groups in total. The minimum Gasteiger partial charge on any atom is -0.484 e. The molecule has 2 unspecified atom stereocenters. The second kappa shape index (κ2) is 8.87. The fraction of sp³-hybridized carbons (Fsp3) is 0.417. The van der Waals surface area contributed by atoms with E-state index in [1.807, 2.05) is 13.8 Å². The lowest BCUT2D eigenvalue weighted by Crippen LogP contribution is -2.51. The molecular formula is C24H27FN2O5S. The highest BCUT2D eigenvalue weighted by molar-refractivity contribution is 7.89. The van der Waals surface area contributed by atoms with Gasteiger partial charge in [0.25, 0.3) is 0 Å². The summed E-state index contributed by atoms with van der Waals surface area (Å²) in [7, 11) is -4.25. The van der Waals surface area contributed by atoms with Crippen molar-refractivity contribution in [1.82, 2.24) is 9.62 Å². The molecule has 9 heteroatoms. The summed E-state index contributed by atoms with van der Waals surface area (Å²) >= 11 is 0. The van der Waals surface area contributed by atoms with E-state index < -0.39 is 38.3 Å². The smallest absolute Gasteiger partial charge is 0.244 e. The molecule has 0 saturated carbocycles. The molecule has 33 heavy (non-hydrogen) atoms. The molecule has 2 aliphatic heterocycles. The SMILES string of the molecule is CC(C)CC(NS(=O)(=O)c1ccccc1F)C(=O)N1CCC2(CC(=O)c3ccccc3O2)C1. The van der Waals surface area contributed by atoms with E-state index in [4.69, 9.17) is 4.74 Å². The van der Waals surface area contributed by atoms with Gasteiger partial charge in [0.05, 0.1) is 18.5 Å². The van der Waals surface area contributed by atoms with Crippen molar-refractivity contribution in [3.63, 3.8) is 0 Å². The molecule has 1 saturated heterocycles. The maximum atomic E-state index is 14.1. The lowest BCUT2D eigenvalue weighted by molar-refractivity contribution is -0.133. The molecule has 0 aliphatic carbocycles. The Bertz CT molecular complexity index is 1180. The summed E-state index contributed by atoms with van der Waals surface area (Å²) in [4.78, 5) is 27.1. The van der Waals surface area contributed by atoms with Crippen molar-refractivity contribution in [2.45, 2.75) is 49.6 Å². The van der Waals surface area contributed by atoms with Crippen molar-refractivity contribution in [2.75, 3.05) is 13.1 Å². The third kappa shape index (κ3) is 4.79. The van der Waals surface area contributed by atoms with Gasteiger partial charge < -0.3 is 9.64 Å². The van der Waals surface area contributed by atoms with Gasteiger partial charge in [0.15, 0.2) is 5.78 Å². The second-order valence-corrected chi connectivity index (χ2v) is 10.8. The van der Waals surface area contributed by atoms with Gasteiger partial charge in [0.1, 0.15) is 28.1 Å². The molecule has 2 aromatic rings. The zero-order chi connectivity index (χ0) is 23.8. The van der Waals surface area contributed by atoms with Crippen LogP contribution in [0.3, 0.4) is 0 Å². The van der Waals surface area contributed by atoms with Gasteiger partial charge in [-0.05, 0) is 36.6 Å². The summed E-state index contributed by atoms with van der Waals surface area (Å²) in [6.45, 7) is 4.28. The van der Waals surface area contributed by atoms with Crippen LogP contribution in [0.2, 0.25) is 0 Å². The number of nitrogens with zero attached hydrogens (tertiary/aromatic N) is 1. The van der Waals surface area contributed by atoms with Crippen molar-refractivity contribution in [3.05, 3.63) is 59.9 Å². The predicted octanol–water partition coefficient (Wildman–Crippen LogP) is 3.16. The van der Waals surface area contributed by atoms with Gasteiger partial charge in [-0.3, -0.25) is 9.59 Å². The quantitative estimate of drug-likeness (QED) is 0.694. The minimum atomic E-state index is -4.25. The average molecular weight is 475 g/mol. The van der Waals surface area contributed by atoms with Gasteiger partial charge in [-0.15, -0.1) is 0 Å². The lowest BCUT2D eigenvalue weighted by Gasteiger charge is -2.35. The van der Waals surface area contributed by atoms with Crippen LogP contribution in [0.5, 0.6) is 5.75 Å². The van der Waals surface area contributed by atoms with Crippen molar-refractivity contribution in [1.29, 1.82) is 0 Å². The van der Waals surface area contributed by atoms with Gasteiger partial charge in [0.2, 0.25) is 15.9 Å². The van der Waals surface area contributed by atoms with E-state index in [2.05, 4.69) is 4.72 Å². The molecule has 2 aromatic carbocycles. The second-order valence-electron chi connectivity index (χ2n) is 9.12. The number of amides is 1. The third-order valence-electron chi connectivity index (χ3n) is 6.05. The monoisotopic (exact) mass is 474 g/mol. The first-order chi connectivity index (χ1) is 15.6. The third-order valence-corrected chi connectivity index (χ3v) is 7.56. The Labute approximate surface area is 193 Å². The molecule has 2 heterocycles. The molecule has 2 aliphatic rings. The van der Waals surface area contributed by atoms with E-state index >= 15 is 0 Å². The van der Waals surface area contributed by atoms with Gasteiger partial charge in [0, 0.05) is 13.0 Å². The molecule has 0 bridgehead atoms. The number of benzene rings is 2. The molecule has 4 rings (SSSR count). The Morgan fingerprint density at radius 2 is 1.88 bits per heavy atom. The summed E-state index contributed by atoms with van der Waals surface area (Å²) in [5, 5.41) is 0. The lowest BCUT2D eigenvalue weighted by atomic mass is 9.89. The number of hydrogen-bond donors (Lipinski definition) is 1. The van der Waals surface area contributed by atoms with Crippen molar-refractivity contribution in [3.8, 4) is 5.75 Å². The summed E-state index contributed by atoms with van der Waals surface area (Å²) in [6, 6.07) is 11.0. The van der Waals surface area contributed by atoms with E-state index in [1.165, 1.54) is 23.1 Å². The van der Waals surface area contributed by atoms with Crippen molar-refractivity contribution in [2.24, 2.45) is 5.92 Å². The van der Waals surface area contributed by atoms with E-state index in [9.17, 15) is 22.4 Å². The van der Waals surface area contributed by atoms with E-state index in [-0.39, 0.29) is 31.1 Å². The fourth-order valence-corrected chi connectivity index (χ4v) is 5.79. The Morgan fingerprint density at radius 1 is 1.18 bits per heavy atom. The molecule has 176 valence electrons. The number of fused-ring (bicyclic) bond motifs is 1. The molecule has 7 nitrogen and oxygen atoms in total. The van der Waals surface area contributed by atoms with Crippen LogP contribution in [-0.4, -0.2) is 49.7 Å². The number of hydrogen-bond acceptors (Lipinski definition) is 5. The van der Waals surface area contributed by atoms with Gasteiger partial charge in [-0.1, -0.05) is 38.1 Å². The number of likely N-dealkylation sites (tertiary alicyclic amines) is 1. The summed E-state index contributed by atoms with van der Waals surface area (Å²) in [6.07, 6.45) is 0.871. The molecule has 2 atom stereocenters. The topological polar surface area (TPSA) is 92.8 Å². The molecular weight excluding hydrogens is 447 g/mol. The van der Waals surface area contributed by atoms with Gasteiger partial charge >= 0.3 is 0 Å². The molecule has 0 radical (unpaired) electrons. The van der Waals surface area contributed by atoms with Gasteiger partial charge in [-0.2, -0.15) is 4.72 Å². The van der Waals surface area contributed by atoms with E-state index in [0.717, 1.165) is 6.07 Å². The van der Waals surface area contributed by atoms with Crippen LogP contribution in [0, 0.1) is 11.7 Å². The highest BCUT2D eigenvalue weighted by Crippen LogP contribution is 2.38. The molecule has 1 fully saturated rings. The van der Waals surface area contributed by atoms with Gasteiger partial charge in [-0.25, -0.2) is 12.8 Å². The highest BCUT2D eigenvalue weighted by Gasteiger charge is 2.48. The number of sulfonamides is 1. The maximum Gasteiger partial charge on any atom is 0.244 e. The predicted molar refractivity (Wildman–Crippen MR) is 120 cm³/mol. The Kier molecular flexibility index (Phi) is 6.28. The Hall–Kier alpha value is -2.78. The number of Topliss-reactive ketones (excluding diaryl/α,β-unsaturated/α-hetero) is 1. The molecule has 1 spiro atoms. The first-order valence-corrected chi connectivity index (χ1v) is 12.5. The molecule has 0 aromatic heterocycles. The van der Waals surface area contributed by atoms with Crippen LogP contribution in [0.25, 0.3) is 0 Å². The van der Waals surface area contributed by atoms with E-state index in [1.54, 1.807) is 24.3 Å². The first-order valence-electron chi connectivity index (χ1n) is 11.0. The number of para-hydroxylation sites is 1. The number of ether oxygens (including phenoxy) is 1. The standard InChI is InChI=1S/C24H27FN2O5S/c1-16(2)13-19(26-33(30,31)22-10-6-4-8-18(22)25)23(29)27-12-11-24(15-27)14-20(28)17-7-3-5-9-21(17)32-24/h3-10,16,19,26H,11-15H2,1-2H3. The van der Waals surface area contributed by atoms with Crippen molar-refractivity contribution < 1.29 is 27.1 Å². The first kappa shape index (κ1) is 23.4. The fourth-order valence-electron chi connectivity index (χ4n) is 4.51. The Morgan fingerprint density at radius 3 is 2.61 bits per heavy atom. The summed E-state index contributed by atoms with van der Waals surface area (Å²) in [5.41, 5.74) is -0.295. The molecule has 1 amide bonds. The summed E-state index contributed by atoms with van der Waals surface area (Å²) in [5.74, 6) is -0.811. The van der Waals surface area contributed by atoms with E-state index in [0.29, 0.717) is 24.3 Å². The zero-order valence-electron chi connectivity index (χ0n) is 18.6. The van der Waals surface area contributed by atoms with Crippen LogP contribution in [0.15, 0.2) is 53.4 Å². The normalized spacial score (nSPS) is 21.2. The minimum absolute atomic E-state index is 0.0122. The highest BCUT2D eigenvalue weighted by atomic mass is 32.2. The van der Waals surface area contributed by atoms with Crippen LogP contribution < -0.4 is 9.46 Å². The number of rotatable bonds is 6. The largest absolute Gasteiger partial charge is 0.484 e. The number of nitrogens with one attached hydrogen (secondary N) is 1. The number of ketones is 1. The van der Waals surface area contributed by atoms with Crippen LogP contribution in [-0.2, 0) is 14.8 Å². The zero-order valence-corrected chi connectivity index (χ0v) is 19.4. The number of carbonyl (C=O) groups is 2. The van der Waals surface area contributed by atoms with Crippen molar-refractivity contribution >= 4 is 21.7 Å². The van der Waals surface area contributed by atoms with Crippen LogP contribution in [0.1, 0.15) is 43.5 Å². The average Bonchev–Trinajstić information content (AvgIpc) is 3.15. The maximum absolute atomic E-state index is 14.1.